The Hall–Kier alpha value is -4.92. The van der Waals surface area contributed by atoms with Gasteiger partial charge in [0.1, 0.15) is 5.60 Å². The molecule has 1 N–H and O–H groups in total. The van der Waals surface area contributed by atoms with Gasteiger partial charge in [-0.2, -0.15) is 0 Å². The van der Waals surface area contributed by atoms with Gasteiger partial charge in [0.05, 0.1) is 0 Å². The monoisotopic (exact) mass is 517 g/mol. The molecule has 0 amide bonds. The first-order valence-corrected chi connectivity index (χ1v) is 13.6. The third-order valence-electron chi connectivity index (χ3n) is 7.49. The van der Waals surface area contributed by atoms with Gasteiger partial charge in [-0.15, -0.1) is 0 Å². The van der Waals surface area contributed by atoms with Gasteiger partial charge in [0.25, 0.3) is 0 Å². The number of hydrogen-bond donors (Lipinski definition) is 1. The summed E-state index contributed by atoms with van der Waals surface area (Å²) >= 11 is 0. The normalized spacial score (nSPS) is 11.2. The number of nitrogens with zero attached hydrogens (tertiary/aromatic N) is 1. The van der Waals surface area contributed by atoms with Crippen molar-refractivity contribution in [2.24, 2.45) is 0 Å². The molecule has 2 heteroatoms. The zero-order chi connectivity index (χ0) is 27.4. The van der Waals surface area contributed by atoms with E-state index in [1.807, 2.05) is 91.0 Å². The molecule has 0 saturated carbocycles. The molecule has 194 valence electrons. The van der Waals surface area contributed by atoms with Gasteiger partial charge in [-0.25, -0.2) is 0 Å². The SMILES string of the molecule is Cc1cc(N(c2ccccc2)c2ccccc2)ccc1-c1ccccc1C(O)(c1ccccc1)c1ccccc1. The number of aliphatic hydroxyl groups is 1. The standard InChI is InChI=1S/C38H31NO/c1-29-28-34(39(32-20-10-4-11-21-32)33-22-12-5-13-23-33)26-27-35(29)36-24-14-15-25-37(36)38(40,30-16-6-2-7-17-30)31-18-8-3-9-19-31/h2-28,40H,1H3. The first-order valence-electron chi connectivity index (χ1n) is 13.6. The summed E-state index contributed by atoms with van der Waals surface area (Å²) in [6.07, 6.45) is 0. The van der Waals surface area contributed by atoms with Crippen LogP contribution in [0.4, 0.5) is 17.1 Å². The highest BCUT2D eigenvalue weighted by molar-refractivity contribution is 5.81. The summed E-state index contributed by atoms with van der Waals surface area (Å²) < 4.78 is 0. The van der Waals surface area contributed by atoms with Crippen molar-refractivity contribution < 1.29 is 5.11 Å². The molecule has 0 fully saturated rings. The van der Waals surface area contributed by atoms with E-state index in [9.17, 15) is 5.11 Å². The van der Waals surface area contributed by atoms with Gasteiger partial charge in [-0.1, -0.05) is 127 Å². The van der Waals surface area contributed by atoms with Crippen molar-refractivity contribution in [1.82, 2.24) is 0 Å². The number of anilines is 3. The van der Waals surface area contributed by atoms with Gasteiger partial charge in [0.2, 0.25) is 0 Å². The Balaban J connectivity index is 1.50. The lowest BCUT2D eigenvalue weighted by molar-refractivity contribution is 0.126. The number of benzene rings is 6. The fourth-order valence-corrected chi connectivity index (χ4v) is 5.56. The average molecular weight is 518 g/mol. The topological polar surface area (TPSA) is 23.5 Å². The second-order valence-corrected chi connectivity index (χ2v) is 9.99. The van der Waals surface area contributed by atoms with E-state index >= 15 is 0 Å². The number of aryl methyl sites for hydroxylation is 1. The van der Waals surface area contributed by atoms with Gasteiger partial charge >= 0.3 is 0 Å². The molecule has 0 aliphatic carbocycles. The van der Waals surface area contributed by atoms with Crippen molar-refractivity contribution in [2.45, 2.75) is 12.5 Å². The van der Waals surface area contributed by atoms with Crippen molar-refractivity contribution >= 4 is 17.1 Å². The zero-order valence-electron chi connectivity index (χ0n) is 22.5. The third kappa shape index (κ3) is 4.70. The molecule has 0 unspecified atom stereocenters. The Morgan fingerprint density at radius 2 is 0.900 bits per heavy atom. The molecule has 0 aliphatic rings. The molecule has 0 bridgehead atoms. The maximum atomic E-state index is 12.6. The number of para-hydroxylation sites is 2. The Morgan fingerprint density at radius 3 is 1.40 bits per heavy atom. The maximum Gasteiger partial charge on any atom is 0.141 e. The molecule has 6 aromatic carbocycles. The van der Waals surface area contributed by atoms with Crippen LogP contribution in [0.5, 0.6) is 0 Å². The molecule has 6 rings (SSSR count). The number of rotatable bonds is 7. The van der Waals surface area contributed by atoms with E-state index in [0.717, 1.165) is 50.4 Å². The highest BCUT2D eigenvalue weighted by Gasteiger charge is 2.36. The van der Waals surface area contributed by atoms with Crippen LogP contribution in [0.1, 0.15) is 22.3 Å². The van der Waals surface area contributed by atoms with E-state index in [-0.39, 0.29) is 0 Å². The number of hydrogen-bond acceptors (Lipinski definition) is 2. The Bertz CT molecular complexity index is 1620. The molecular weight excluding hydrogens is 486 g/mol. The van der Waals surface area contributed by atoms with E-state index < -0.39 is 5.60 Å². The second kappa shape index (κ2) is 11.1. The van der Waals surface area contributed by atoms with E-state index in [4.69, 9.17) is 0 Å². The molecule has 40 heavy (non-hydrogen) atoms. The molecule has 0 aromatic heterocycles. The molecule has 2 nitrogen and oxygen atoms in total. The Labute approximate surface area is 236 Å². The highest BCUT2D eigenvalue weighted by Crippen LogP contribution is 2.43. The predicted molar refractivity (Wildman–Crippen MR) is 166 cm³/mol. The fraction of sp³-hybridized carbons (Fsp3) is 0.0526. The van der Waals surface area contributed by atoms with Gasteiger partial charge in [0, 0.05) is 22.6 Å². The molecule has 0 aliphatic heterocycles. The van der Waals surface area contributed by atoms with Crippen LogP contribution in [-0.4, -0.2) is 5.11 Å². The minimum Gasteiger partial charge on any atom is -0.376 e. The summed E-state index contributed by atoms with van der Waals surface area (Å²) in [6.45, 7) is 2.15. The summed E-state index contributed by atoms with van der Waals surface area (Å²) in [5.74, 6) is 0. The van der Waals surface area contributed by atoms with E-state index in [0.29, 0.717) is 0 Å². The summed E-state index contributed by atoms with van der Waals surface area (Å²) in [4.78, 5) is 2.27. The fourth-order valence-electron chi connectivity index (χ4n) is 5.56. The van der Waals surface area contributed by atoms with Crippen LogP contribution in [-0.2, 0) is 5.60 Å². The first-order chi connectivity index (χ1) is 19.7. The van der Waals surface area contributed by atoms with Crippen molar-refractivity contribution in [3.05, 3.63) is 186 Å². The summed E-state index contributed by atoms with van der Waals surface area (Å²) in [5, 5.41) is 12.6. The van der Waals surface area contributed by atoms with Crippen molar-refractivity contribution in [1.29, 1.82) is 0 Å². The summed E-state index contributed by atoms with van der Waals surface area (Å²) in [7, 11) is 0. The van der Waals surface area contributed by atoms with Gasteiger partial charge in [-0.05, 0) is 71.1 Å². The zero-order valence-corrected chi connectivity index (χ0v) is 22.5. The van der Waals surface area contributed by atoms with E-state index in [2.05, 4.69) is 84.6 Å². The lowest BCUT2D eigenvalue weighted by Gasteiger charge is -2.32. The minimum atomic E-state index is -1.32. The van der Waals surface area contributed by atoms with Crippen molar-refractivity contribution in [3.8, 4) is 11.1 Å². The molecule has 6 aromatic rings. The van der Waals surface area contributed by atoms with Crippen LogP contribution in [0, 0.1) is 6.92 Å². The van der Waals surface area contributed by atoms with Gasteiger partial charge < -0.3 is 10.0 Å². The maximum absolute atomic E-state index is 12.6. The minimum absolute atomic E-state index is 0.835. The summed E-state index contributed by atoms with van der Waals surface area (Å²) in [6, 6.07) is 55.5. The van der Waals surface area contributed by atoms with Crippen molar-refractivity contribution in [2.75, 3.05) is 4.90 Å². The van der Waals surface area contributed by atoms with Gasteiger partial charge in [-0.3, -0.25) is 0 Å². The average Bonchev–Trinajstić information content (AvgIpc) is 3.03. The van der Waals surface area contributed by atoms with Crippen LogP contribution in [0.3, 0.4) is 0 Å². The summed E-state index contributed by atoms with van der Waals surface area (Å²) in [5.41, 5.74) is 7.72. The van der Waals surface area contributed by atoms with Crippen LogP contribution in [0.15, 0.2) is 164 Å². The smallest absolute Gasteiger partial charge is 0.141 e. The Kier molecular flexibility index (Phi) is 7.01. The van der Waals surface area contributed by atoms with E-state index in [1.54, 1.807) is 0 Å². The molecule has 0 heterocycles. The molecule has 0 saturated heterocycles. The highest BCUT2D eigenvalue weighted by atomic mass is 16.3. The molecule has 0 radical (unpaired) electrons. The van der Waals surface area contributed by atoms with E-state index in [1.165, 1.54) is 0 Å². The molecule has 0 atom stereocenters. The molecular formula is C38H31NO. The van der Waals surface area contributed by atoms with Crippen LogP contribution < -0.4 is 4.90 Å². The lowest BCUT2D eigenvalue weighted by Crippen LogP contribution is -2.29. The van der Waals surface area contributed by atoms with Crippen LogP contribution in [0.25, 0.3) is 11.1 Å². The second-order valence-electron chi connectivity index (χ2n) is 9.99. The Morgan fingerprint density at radius 1 is 0.450 bits per heavy atom. The van der Waals surface area contributed by atoms with Crippen LogP contribution >= 0.6 is 0 Å². The quantitative estimate of drug-likeness (QED) is 0.213. The lowest BCUT2D eigenvalue weighted by atomic mass is 9.77. The third-order valence-corrected chi connectivity index (χ3v) is 7.49. The predicted octanol–water partition coefficient (Wildman–Crippen LogP) is 9.42. The van der Waals surface area contributed by atoms with Gasteiger partial charge in [0.15, 0.2) is 0 Å². The molecule has 0 spiro atoms. The first kappa shape index (κ1) is 25.4. The largest absolute Gasteiger partial charge is 0.376 e. The van der Waals surface area contributed by atoms with Crippen LogP contribution in [0.2, 0.25) is 0 Å². The van der Waals surface area contributed by atoms with Crippen molar-refractivity contribution in [3.63, 3.8) is 0 Å².